The molecule has 0 radical (unpaired) electrons. The van der Waals surface area contributed by atoms with Gasteiger partial charge in [-0.1, -0.05) is 15.9 Å². The van der Waals surface area contributed by atoms with Gasteiger partial charge in [0.15, 0.2) is 0 Å². The molecule has 0 N–H and O–H groups in total. The minimum Gasteiger partial charge on any atom is -0.465 e. The Bertz CT molecular complexity index is 637. The summed E-state index contributed by atoms with van der Waals surface area (Å²) in [6.45, 7) is -1.21. The first-order valence-electron chi connectivity index (χ1n) is 5.12. The van der Waals surface area contributed by atoms with Crippen LogP contribution in [0, 0.1) is 0 Å². The molecule has 8 heteroatoms. The molecule has 0 aliphatic heterocycles. The third-order valence-electron chi connectivity index (χ3n) is 2.38. The van der Waals surface area contributed by atoms with Crippen LogP contribution in [0.1, 0.15) is 10.4 Å². The summed E-state index contributed by atoms with van der Waals surface area (Å²) in [4.78, 5) is 11.6. The molecule has 2 rings (SSSR count). The molecule has 0 unspecified atom stereocenters. The van der Waals surface area contributed by atoms with Crippen LogP contribution in [0.25, 0.3) is 10.9 Å². The lowest BCUT2D eigenvalue weighted by atomic mass is 10.1. The molecule has 4 nitrogen and oxygen atoms in total. The average molecular weight is 337 g/mol. The van der Waals surface area contributed by atoms with E-state index in [0.29, 0.717) is 15.4 Å². The summed E-state index contributed by atoms with van der Waals surface area (Å²) >= 11 is 3.17. The Morgan fingerprint density at radius 2 is 2.16 bits per heavy atom. The van der Waals surface area contributed by atoms with Crippen LogP contribution in [-0.4, -0.2) is 29.0 Å². The number of nitrogens with zero attached hydrogens (tertiary/aromatic N) is 2. The van der Waals surface area contributed by atoms with Gasteiger partial charge in [0.25, 0.3) is 0 Å². The van der Waals surface area contributed by atoms with Gasteiger partial charge in [-0.25, -0.2) is 4.79 Å². The lowest BCUT2D eigenvalue weighted by Gasteiger charge is -2.04. The van der Waals surface area contributed by atoms with E-state index in [0.717, 1.165) is 4.68 Å². The molecule has 0 atom stereocenters. The number of methoxy groups -OCH3 is 1. The van der Waals surface area contributed by atoms with Gasteiger partial charge in [-0.15, -0.1) is 0 Å². The first kappa shape index (κ1) is 13.9. The molecule has 2 aromatic rings. The Morgan fingerprint density at radius 1 is 1.47 bits per heavy atom. The number of alkyl halides is 3. The van der Waals surface area contributed by atoms with Crippen molar-refractivity contribution in [1.29, 1.82) is 0 Å². The standard InChI is InChI=1S/C11H8BrF3N2O2/c1-19-10(18)7-2-6(12)3-9-8(7)4-17(16-9)5-11(13,14)15/h2-4H,5H2,1H3. The first-order chi connectivity index (χ1) is 8.80. The number of ether oxygens (including phenoxy) is 1. The monoisotopic (exact) mass is 336 g/mol. The predicted molar refractivity (Wildman–Crippen MR) is 64.8 cm³/mol. The Kier molecular flexibility index (Phi) is 3.53. The number of fused-ring (bicyclic) bond motifs is 1. The van der Waals surface area contributed by atoms with Crippen LogP contribution in [0.3, 0.4) is 0 Å². The van der Waals surface area contributed by atoms with Crippen molar-refractivity contribution in [3.05, 3.63) is 28.4 Å². The van der Waals surface area contributed by atoms with E-state index in [9.17, 15) is 18.0 Å². The van der Waals surface area contributed by atoms with E-state index < -0.39 is 18.7 Å². The maximum Gasteiger partial charge on any atom is 0.408 e. The van der Waals surface area contributed by atoms with Gasteiger partial charge in [-0.05, 0) is 12.1 Å². The Morgan fingerprint density at radius 3 is 2.74 bits per heavy atom. The SMILES string of the molecule is COC(=O)c1cc(Br)cc2nn(CC(F)(F)F)cc12. The van der Waals surface area contributed by atoms with E-state index in [1.807, 2.05) is 0 Å². The normalized spacial score (nSPS) is 11.8. The fourth-order valence-corrected chi connectivity index (χ4v) is 2.13. The van der Waals surface area contributed by atoms with Crippen molar-refractivity contribution in [2.45, 2.75) is 12.7 Å². The number of aromatic nitrogens is 2. The number of carbonyl (C=O) groups is 1. The van der Waals surface area contributed by atoms with E-state index in [1.54, 1.807) is 0 Å². The van der Waals surface area contributed by atoms with Crippen molar-refractivity contribution < 1.29 is 22.7 Å². The zero-order valence-corrected chi connectivity index (χ0v) is 11.2. The summed E-state index contributed by atoms with van der Waals surface area (Å²) in [7, 11) is 1.20. The van der Waals surface area contributed by atoms with Crippen LogP contribution >= 0.6 is 15.9 Å². The molecular formula is C11H8BrF3N2O2. The molecule has 0 saturated carbocycles. The van der Waals surface area contributed by atoms with Gasteiger partial charge < -0.3 is 4.74 Å². The topological polar surface area (TPSA) is 44.1 Å². The van der Waals surface area contributed by atoms with Crippen molar-refractivity contribution in [3.8, 4) is 0 Å². The molecular weight excluding hydrogens is 329 g/mol. The number of hydrogen-bond donors (Lipinski definition) is 0. The highest BCUT2D eigenvalue weighted by atomic mass is 79.9. The Hall–Kier alpha value is -1.57. The van der Waals surface area contributed by atoms with E-state index >= 15 is 0 Å². The van der Waals surface area contributed by atoms with E-state index in [-0.39, 0.29) is 5.56 Å². The predicted octanol–water partition coefficient (Wildman–Crippen LogP) is 3.15. The van der Waals surface area contributed by atoms with Gasteiger partial charge in [0.1, 0.15) is 6.54 Å². The number of benzene rings is 1. The third-order valence-corrected chi connectivity index (χ3v) is 2.84. The van der Waals surface area contributed by atoms with Crippen molar-refractivity contribution in [2.75, 3.05) is 7.11 Å². The van der Waals surface area contributed by atoms with Crippen LogP contribution in [0.2, 0.25) is 0 Å². The molecule has 102 valence electrons. The van der Waals surface area contributed by atoms with Crippen LogP contribution < -0.4 is 0 Å². The minimum atomic E-state index is -4.37. The van der Waals surface area contributed by atoms with Crippen molar-refractivity contribution >= 4 is 32.8 Å². The first-order valence-corrected chi connectivity index (χ1v) is 5.91. The van der Waals surface area contributed by atoms with Crippen LogP contribution in [0.4, 0.5) is 13.2 Å². The minimum absolute atomic E-state index is 0.167. The quantitative estimate of drug-likeness (QED) is 0.791. The summed E-state index contributed by atoms with van der Waals surface area (Å²) in [5, 5.41) is 4.11. The third kappa shape index (κ3) is 3.06. The summed E-state index contributed by atoms with van der Waals surface area (Å²) < 4.78 is 42.8. The number of rotatable bonds is 2. The number of hydrogen-bond acceptors (Lipinski definition) is 3. The molecule has 1 aromatic heterocycles. The largest absolute Gasteiger partial charge is 0.465 e. The van der Waals surface area contributed by atoms with Crippen LogP contribution in [-0.2, 0) is 11.3 Å². The Balaban J connectivity index is 2.55. The van der Waals surface area contributed by atoms with Crippen LogP contribution in [0.15, 0.2) is 22.8 Å². The van der Waals surface area contributed by atoms with Gasteiger partial charge >= 0.3 is 12.1 Å². The van der Waals surface area contributed by atoms with Gasteiger partial charge in [-0.2, -0.15) is 18.3 Å². The molecule has 0 aliphatic rings. The second kappa shape index (κ2) is 4.84. The van der Waals surface area contributed by atoms with Gasteiger partial charge in [0.05, 0.1) is 18.2 Å². The average Bonchev–Trinajstić information content (AvgIpc) is 2.66. The highest BCUT2D eigenvalue weighted by Gasteiger charge is 2.29. The number of halogens is 4. The fourth-order valence-electron chi connectivity index (χ4n) is 1.68. The lowest BCUT2D eigenvalue weighted by molar-refractivity contribution is -0.142. The second-order valence-electron chi connectivity index (χ2n) is 3.82. The lowest BCUT2D eigenvalue weighted by Crippen LogP contribution is -2.17. The van der Waals surface area contributed by atoms with E-state index in [2.05, 4.69) is 25.8 Å². The number of esters is 1. The van der Waals surface area contributed by atoms with E-state index in [4.69, 9.17) is 0 Å². The molecule has 19 heavy (non-hydrogen) atoms. The molecule has 1 aromatic carbocycles. The molecule has 0 fully saturated rings. The maximum atomic E-state index is 12.3. The highest BCUT2D eigenvalue weighted by Crippen LogP contribution is 2.25. The molecule has 0 spiro atoms. The van der Waals surface area contributed by atoms with Gasteiger partial charge in [0.2, 0.25) is 0 Å². The summed E-state index contributed by atoms with van der Waals surface area (Å²) in [5.74, 6) is -0.627. The summed E-state index contributed by atoms with van der Waals surface area (Å²) in [5.41, 5.74) is 0.458. The Labute approximate surface area is 114 Å². The molecule has 0 bridgehead atoms. The van der Waals surface area contributed by atoms with Crippen molar-refractivity contribution in [3.63, 3.8) is 0 Å². The maximum absolute atomic E-state index is 12.3. The van der Waals surface area contributed by atoms with Gasteiger partial charge in [-0.3, -0.25) is 4.68 Å². The zero-order chi connectivity index (χ0) is 14.2. The van der Waals surface area contributed by atoms with E-state index in [1.165, 1.54) is 25.4 Å². The number of carbonyl (C=O) groups excluding carboxylic acids is 1. The summed E-state index contributed by atoms with van der Waals surface area (Å²) in [6, 6.07) is 3.02. The fraction of sp³-hybridized carbons (Fsp3) is 0.273. The molecule has 1 heterocycles. The second-order valence-corrected chi connectivity index (χ2v) is 4.74. The molecule has 0 amide bonds. The molecule has 0 saturated heterocycles. The zero-order valence-electron chi connectivity index (χ0n) is 9.66. The summed E-state index contributed by atoms with van der Waals surface area (Å²) in [6.07, 6.45) is -3.19. The molecule has 0 aliphatic carbocycles. The smallest absolute Gasteiger partial charge is 0.408 e. The van der Waals surface area contributed by atoms with Crippen molar-refractivity contribution in [2.24, 2.45) is 0 Å². The van der Waals surface area contributed by atoms with Crippen LogP contribution in [0.5, 0.6) is 0 Å². The van der Waals surface area contributed by atoms with Gasteiger partial charge in [0, 0.05) is 16.1 Å². The highest BCUT2D eigenvalue weighted by molar-refractivity contribution is 9.10. The van der Waals surface area contributed by atoms with Crippen molar-refractivity contribution in [1.82, 2.24) is 9.78 Å².